The number of unbranched alkanes of at least 4 members (excludes halogenated alkanes) is 2. The van der Waals surface area contributed by atoms with Crippen LogP contribution in [-0.4, -0.2) is 76.7 Å². The molecule has 0 saturated heterocycles. The average molecular weight is 928 g/mol. The zero-order valence-electron chi connectivity index (χ0n) is 39.0. The number of oxime groups is 1. The predicted octanol–water partition coefficient (Wildman–Crippen LogP) is 10.1. The van der Waals surface area contributed by atoms with Gasteiger partial charge in [-0.3, -0.25) is 14.9 Å². The number of aliphatic hydroxyl groups is 2. The van der Waals surface area contributed by atoms with Crippen LogP contribution in [0, 0.1) is 41.7 Å². The summed E-state index contributed by atoms with van der Waals surface area (Å²) in [4.78, 5) is 33.9. The Labute approximate surface area is 397 Å². The lowest BCUT2D eigenvalue weighted by atomic mass is 9.55. The Balaban J connectivity index is 1.33. The maximum Gasteiger partial charge on any atom is 0.269 e. The Morgan fingerprint density at radius 3 is 2.40 bits per heavy atom. The van der Waals surface area contributed by atoms with E-state index in [1.165, 1.54) is 18.2 Å². The molecule has 1 saturated carbocycles. The summed E-state index contributed by atoms with van der Waals surface area (Å²) in [6, 6.07) is 22.7. The van der Waals surface area contributed by atoms with Crippen molar-refractivity contribution in [3.8, 4) is 28.7 Å². The van der Waals surface area contributed by atoms with Gasteiger partial charge in [-0.1, -0.05) is 42.3 Å². The van der Waals surface area contributed by atoms with Crippen LogP contribution in [0.3, 0.4) is 0 Å². The van der Waals surface area contributed by atoms with Crippen LogP contribution in [0.4, 0.5) is 5.69 Å². The molecule has 0 spiro atoms. The molecule has 1 fully saturated rings. The molecule has 2 N–H and O–H groups in total. The first-order valence-corrected chi connectivity index (χ1v) is 23.6. The SMILES string of the molecule is C=CCO[C@@]12Oc3ccc(Oc4ccc(C)c(C)c4)cc3[C@H]3[C@H](CCCCO)[C@@H](CCCCO)C=C(C(=NOCC)C[C@@H]1N(Cc1ccc4c(c1)OCO4)C(=O)C=Cc1ccc([N+](=O)[O-])cc1)[C@H]32. The molecule has 0 aromatic heterocycles. The zero-order chi connectivity index (χ0) is 47.8. The van der Waals surface area contributed by atoms with E-state index in [-0.39, 0.29) is 68.9 Å². The summed E-state index contributed by atoms with van der Waals surface area (Å²) in [6.07, 6.45) is 11.7. The summed E-state index contributed by atoms with van der Waals surface area (Å²) in [5, 5.41) is 36.3. The number of benzene rings is 4. The minimum Gasteiger partial charge on any atom is -0.459 e. The van der Waals surface area contributed by atoms with Crippen LogP contribution in [0.25, 0.3) is 6.08 Å². The summed E-state index contributed by atoms with van der Waals surface area (Å²) >= 11 is 0. The Morgan fingerprint density at radius 2 is 1.66 bits per heavy atom. The number of ether oxygens (including phenoxy) is 5. The number of aryl methyl sites for hydroxylation is 2. The van der Waals surface area contributed by atoms with Crippen molar-refractivity contribution < 1.29 is 48.5 Å². The summed E-state index contributed by atoms with van der Waals surface area (Å²) in [5.41, 5.74) is 6.11. The van der Waals surface area contributed by atoms with Crippen molar-refractivity contribution in [3.63, 3.8) is 0 Å². The lowest BCUT2D eigenvalue weighted by molar-refractivity contribution is -0.384. The molecule has 4 aromatic carbocycles. The van der Waals surface area contributed by atoms with E-state index in [0.717, 1.165) is 53.5 Å². The molecule has 4 aromatic rings. The van der Waals surface area contributed by atoms with Crippen molar-refractivity contribution in [1.82, 2.24) is 4.90 Å². The number of hydrogen-bond donors (Lipinski definition) is 2. The third kappa shape index (κ3) is 10.2. The number of nitro groups is 1. The molecule has 14 heteroatoms. The number of rotatable bonds is 21. The van der Waals surface area contributed by atoms with E-state index in [1.807, 2.05) is 55.5 Å². The van der Waals surface area contributed by atoms with E-state index in [4.69, 9.17) is 33.7 Å². The Kier molecular flexibility index (Phi) is 15.3. The van der Waals surface area contributed by atoms with Gasteiger partial charge in [-0.2, -0.15) is 0 Å². The highest BCUT2D eigenvalue weighted by molar-refractivity contribution is 6.03. The molecule has 14 nitrogen and oxygen atoms in total. The van der Waals surface area contributed by atoms with E-state index in [9.17, 15) is 20.3 Å². The second-order valence-corrected chi connectivity index (χ2v) is 17.9. The molecule has 8 rings (SSSR count). The van der Waals surface area contributed by atoms with Crippen molar-refractivity contribution in [3.05, 3.63) is 147 Å². The number of nitro benzene ring substituents is 1. The summed E-state index contributed by atoms with van der Waals surface area (Å²) in [6.45, 7) is 10.8. The normalized spacial score (nSPS) is 22.8. The predicted molar refractivity (Wildman–Crippen MR) is 258 cm³/mol. The van der Waals surface area contributed by atoms with Gasteiger partial charge in [0.1, 0.15) is 29.9 Å². The largest absolute Gasteiger partial charge is 0.459 e. The Hall–Kier alpha value is -6.48. The third-order valence-electron chi connectivity index (χ3n) is 13.6. The molecule has 6 atom stereocenters. The van der Waals surface area contributed by atoms with Crippen molar-refractivity contribution in [1.29, 1.82) is 0 Å². The fourth-order valence-electron chi connectivity index (χ4n) is 10.3. The van der Waals surface area contributed by atoms with Crippen molar-refractivity contribution in [2.24, 2.45) is 22.9 Å². The number of non-ortho nitro benzene ring substituents is 1. The first-order chi connectivity index (χ1) is 33.1. The van der Waals surface area contributed by atoms with Crippen LogP contribution in [0.1, 0.15) is 85.6 Å². The van der Waals surface area contributed by atoms with Crippen molar-refractivity contribution in [2.45, 2.75) is 90.0 Å². The van der Waals surface area contributed by atoms with E-state index >= 15 is 4.79 Å². The van der Waals surface area contributed by atoms with Crippen LogP contribution in [0.2, 0.25) is 0 Å². The smallest absolute Gasteiger partial charge is 0.269 e. The second-order valence-electron chi connectivity index (χ2n) is 17.9. The van der Waals surface area contributed by atoms with E-state index in [0.29, 0.717) is 59.5 Å². The van der Waals surface area contributed by atoms with Gasteiger partial charge in [-0.25, -0.2) is 0 Å². The second kappa shape index (κ2) is 21.6. The van der Waals surface area contributed by atoms with Gasteiger partial charge in [0.15, 0.2) is 11.5 Å². The van der Waals surface area contributed by atoms with Gasteiger partial charge in [0.2, 0.25) is 18.5 Å². The number of amides is 1. The zero-order valence-corrected chi connectivity index (χ0v) is 39.0. The van der Waals surface area contributed by atoms with Crippen LogP contribution >= 0.6 is 0 Å². The van der Waals surface area contributed by atoms with Crippen molar-refractivity contribution in [2.75, 3.05) is 33.2 Å². The molecule has 2 aliphatic carbocycles. The van der Waals surface area contributed by atoms with Crippen molar-refractivity contribution >= 4 is 23.4 Å². The molecular weight excluding hydrogens is 867 g/mol. The molecule has 2 heterocycles. The Bertz CT molecular complexity index is 2560. The van der Waals surface area contributed by atoms with E-state index in [1.54, 1.807) is 29.2 Å². The first kappa shape index (κ1) is 48.0. The molecule has 0 bridgehead atoms. The molecule has 358 valence electrons. The minimum atomic E-state index is -1.52. The highest BCUT2D eigenvalue weighted by Gasteiger charge is 2.65. The Morgan fingerprint density at radius 1 is 0.926 bits per heavy atom. The summed E-state index contributed by atoms with van der Waals surface area (Å²) in [7, 11) is 0. The number of allylic oxidation sites excluding steroid dienone is 1. The van der Waals surface area contributed by atoms with Crippen LogP contribution in [0.15, 0.2) is 114 Å². The number of carbonyl (C=O) groups excluding carboxylic acids is 1. The van der Waals surface area contributed by atoms with E-state index < -0.39 is 22.7 Å². The molecular formula is C54H61N3O11. The molecule has 4 aliphatic rings. The fraction of sp³-hybridized carbons (Fsp3) is 0.407. The standard InChI is InChI=1S/C54H61N3O11/c1-5-27-65-54-50(56(33-38-16-22-48-49(29-38)64-34-63-48)51(60)24-17-37-14-18-40(19-15-37)57(61)62)32-46(55-66-6-2)44-30-39(11-7-9-25-58)43(12-8-10-26-59)52(53(44)54)45-31-42(21-23-47(45)68-54)67-41-20-13-35(3)36(4)28-41/h5,13-24,28-31,39,43,50,52-53,58-59H,1,6-12,25-27,32-34H2,2-4H3/t39-,43+,50-,52+,53+,54+/m0/s1. The van der Waals surface area contributed by atoms with Crippen LogP contribution in [0.5, 0.6) is 28.7 Å². The van der Waals surface area contributed by atoms with Crippen LogP contribution in [-0.2, 0) is 20.9 Å². The van der Waals surface area contributed by atoms with Gasteiger partial charge in [-0.15, -0.1) is 6.58 Å². The van der Waals surface area contributed by atoms with Gasteiger partial charge >= 0.3 is 0 Å². The highest BCUT2D eigenvalue weighted by atomic mass is 16.7. The topological polar surface area (TPSA) is 172 Å². The number of aliphatic hydroxyl groups excluding tert-OH is 2. The lowest BCUT2D eigenvalue weighted by Crippen LogP contribution is -2.70. The summed E-state index contributed by atoms with van der Waals surface area (Å²) in [5.74, 6) is 0.482. The van der Waals surface area contributed by atoms with E-state index in [2.05, 4.69) is 32.6 Å². The number of nitrogens with zero attached hydrogens (tertiary/aromatic N) is 3. The van der Waals surface area contributed by atoms with Gasteiger partial charge in [0.05, 0.1) is 23.2 Å². The monoisotopic (exact) mass is 927 g/mol. The molecule has 0 unspecified atom stereocenters. The van der Waals surface area contributed by atoms with Gasteiger partial charge in [0, 0.05) is 55.9 Å². The summed E-state index contributed by atoms with van der Waals surface area (Å²) < 4.78 is 32.7. The maximum atomic E-state index is 15.2. The number of hydrogen-bond acceptors (Lipinski definition) is 12. The van der Waals surface area contributed by atoms with Gasteiger partial charge in [0.25, 0.3) is 5.69 Å². The molecule has 2 aliphatic heterocycles. The highest BCUT2D eigenvalue weighted by Crippen LogP contribution is 2.62. The third-order valence-corrected chi connectivity index (χ3v) is 13.6. The quantitative estimate of drug-likeness (QED) is 0.0268. The molecule has 1 amide bonds. The van der Waals surface area contributed by atoms with Gasteiger partial charge in [-0.05, 0) is 147 Å². The van der Waals surface area contributed by atoms with Crippen LogP contribution < -0.4 is 18.9 Å². The number of carbonyl (C=O) groups is 1. The molecule has 0 radical (unpaired) electrons. The first-order valence-electron chi connectivity index (χ1n) is 23.6. The minimum absolute atomic E-state index is 0.00681. The maximum absolute atomic E-state index is 15.2. The number of fused-ring (bicyclic) bond motifs is 3. The van der Waals surface area contributed by atoms with Gasteiger partial charge < -0.3 is 43.6 Å². The molecule has 68 heavy (non-hydrogen) atoms. The average Bonchev–Trinajstić information content (AvgIpc) is 3.82. The lowest BCUT2D eigenvalue weighted by Gasteiger charge is -2.60. The fourth-order valence-corrected chi connectivity index (χ4v) is 10.3.